The Morgan fingerprint density at radius 1 is 1.25 bits per heavy atom. The highest BCUT2D eigenvalue weighted by molar-refractivity contribution is 5.85. The first-order valence-electron chi connectivity index (χ1n) is 15.9. The summed E-state index contributed by atoms with van der Waals surface area (Å²) in [5.74, 6) is -1.65. The Kier molecular flexibility index (Phi) is 6.24. The number of piperidine rings is 1. The van der Waals surface area contributed by atoms with Crippen molar-refractivity contribution < 1.29 is 24.5 Å². The molecule has 1 saturated carbocycles. The molecular formula is C34H41N5O5. The van der Waals surface area contributed by atoms with Crippen LogP contribution in [0.15, 0.2) is 78.3 Å². The van der Waals surface area contributed by atoms with Gasteiger partial charge in [-0.15, -0.1) is 0 Å². The summed E-state index contributed by atoms with van der Waals surface area (Å²) in [6.45, 7) is 6.63. The first kappa shape index (κ1) is 28.1. The van der Waals surface area contributed by atoms with E-state index in [9.17, 15) is 19.8 Å². The first-order chi connectivity index (χ1) is 21.1. The van der Waals surface area contributed by atoms with Gasteiger partial charge in [-0.2, -0.15) is 0 Å². The molecule has 4 saturated heterocycles. The summed E-state index contributed by atoms with van der Waals surface area (Å²) in [6, 6.07) is 8.29. The van der Waals surface area contributed by atoms with Crippen LogP contribution in [0.25, 0.3) is 0 Å². The largest absolute Gasteiger partial charge is 0.374 e. The van der Waals surface area contributed by atoms with Gasteiger partial charge in [-0.25, -0.2) is 0 Å². The number of amides is 2. The second-order valence-electron chi connectivity index (χ2n) is 13.9. The van der Waals surface area contributed by atoms with Crippen LogP contribution in [-0.4, -0.2) is 86.3 Å². The minimum absolute atomic E-state index is 0.155. The number of likely N-dealkylation sites (tertiary alicyclic amines) is 1. The Morgan fingerprint density at radius 3 is 2.84 bits per heavy atom. The number of nitrogens with zero attached hydrogens (tertiary/aromatic N) is 3. The maximum atomic E-state index is 14.1. The van der Waals surface area contributed by atoms with Crippen LogP contribution in [0.2, 0.25) is 0 Å². The van der Waals surface area contributed by atoms with Gasteiger partial charge in [0.25, 0.3) is 5.91 Å². The molecule has 2 amide bonds. The minimum atomic E-state index is -1.95. The van der Waals surface area contributed by atoms with E-state index in [2.05, 4.69) is 53.6 Å². The molecule has 5 heterocycles. The Balaban J connectivity index is 1.06. The second kappa shape index (κ2) is 9.78. The van der Waals surface area contributed by atoms with Crippen LogP contribution >= 0.6 is 0 Å². The number of aliphatic hydroxyl groups excluding tert-OH is 1. The lowest BCUT2D eigenvalue weighted by Gasteiger charge is -2.51. The van der Waals surface area contributed by atoms with Crippen molar-refractivity contribution in [3.63, 3.8) is 0 Å². The zero-order valence-corrected chi connectivity index (χ0v) is 25.2. The summed E-state index contributed by atoms with van der Waals surface area (Å²) in [6.07, 6.45) is 10.5. The molecule has 0 radical (unpaired) electrons. The Morgan fingerprint density at radius 2 is 2.05 bits per heavy atom. The quantitative estimate of drug-likeness (QED) is 0.414. The van der Waals surface area contributed by atoms with E-state index < -0.39 is 29.9 Å². The summed E-state index contributed by atoms with van der Waals surface area (Å²) in [7, 11) is 2.11. The monoisotopic (exact) mass is 599 g/mol. The van der Waals surface area contributed by atoms with Crippen molar-refractivity contribution in [1.82, 2.24) is 25.3 Å². The fraction of sp³-hybridized carbons (Fsp3) is 0.529. The normalized spacial score (nSPS) is 42.2. The molecule has 232 valence electrons. The predicted molar refractivity (Wildman–Crippen MR) is 161 cm³/mol. The number of fused-ring (bicyclic) bond motifs is 5. The molecule has 4 N–H and O–H groups in total. The van der Waals surface area contributed by atoms with Crippen LogP contribution in [-0.2, 0) is 20.7 Å². The van der Waals surface area contributed by atoms with Crippen molar-refractivity contribution >= 4 is 11.8 Å². The minimum Gasteiger partial charge on any atom is -0.374 e. The SMILES string of the molecule is C=C1N2[C@@H](Cc3ccccc3)C(=O)N3C(O)CC[C@H]3[C@]2(O)O[C@@]1(C)NC(=O)[C@@H]1CC2C3C=CC=C4NC=C(C[C@H]2N(C)C1)C43. The van der Waals surface area contributed by atoms with Gasteiger partial charge in [0.1, 0.15) is 18.3 Å². The highest BCUT2D eigenvalue weighted by atomic mass is 16.7. The van der Waals surface area contributed by atoms with Crippen molar-refractivity contribution in [2.24, 2.45) is 23.7 Å². The topological polar surface area (TPSA) is 118 Å². The van der Waals surface area contributed by atoms with Gasteiger partial charge in [0, 0.05) is 36.8 Å². The Bertz CT molecular complexity index is 1510. The summed E-state index contributed by atoms with van der Waals surface area (Å²) >= 11 is 0. The van der Waals surface area contributed by atoms with E-state index >= 15 is 0 Å². The lowest BCUT2D eigenvalue weighted by atomic mass is 9.61. The van der Waals surface area contributed by atoms with Crippen LogP contribution in [0, 0.1) is 23.7 Å². The molecule has 10 nitrogen and oxygen atoms in total. The third-order valence-electron chi connectivity index (χ3n) is 11.4. The van der Waals surface area contributed by atoms with Gasteiger partial charge in [0.05, 0.1) is 11.6 Å². The molecule has 44 heavy (non-hydrogen) atoms. The number of nitrogens with one attached hydrogen (secondary N) is 2. The van der Waals surface area contributed by atoms with Crippen molar-refractivity contribution in [1.29, 1.82) is 0 Å². The number of benzene rings is 1. The first-order valence-corrected chi connectivity index (χ1v) is 15.9. The average Bonchev–Trinajstić information content (AvgIpc) is 3.66. The van der Waals surface area contributed by atoms with Crippen LogP contribution in [0.1, 0.15) is 38.2 Å². The fourth-order valence-electron chi connectivity index (χ4n) is 9.33. The molecule has 0 aromatic heterocycles. The number of hydrogen-bond donors (Lipinski definition) is 4. The fourth-order valence-corrected chi connectivity index (χ4v) is 9.33. The average molecular weight is 600 g/mol. The molecule has 10 atom stereocenters. The van der Waals surface area contributed by atoms with E-state index in [-0.39, 0.29) is 17.7 Å². The number of carbonyl (C=O) groups excluding carboxylic acids is 2. The standard InChI is InChI=1S/C34H41N5O5/c1-19-33(2,36-31(41)22-15-24-23-10-7-11-25-30(23)21(17-35-25)16-26(24)37(3)18-22)44-34(43)28-12-13-29(40)38(28)32(42)27(39(19)34)14-20-8-5-4-6-9-20/h4-11,17,22-24,26-30,35,40,43H,1,12-16,18H2,2-3H3,(H,36,41)/t22-,23?,24?,26-,27+,28+,29?,30?,33-,34+/m1/s1. The number of carbonyl (C=O) groups is 2. The molecule has 5 fully saturated rings. The maximum absolute atomic E-state index is 14.1. The van der Waals surface area contributed by atoms with Gasteiger partial charge in [-0.3, -0.25) is 14.3 Å². The summed E-state index contributed by atoms with van der Waals surface area (Å²) < 4.78 is 6.45. The third kappa shape index (κ3) is 3.94. The molecule has 7 aliphatic rings. The molecule has 1 aromatic rings. The molecule has 1 aromatic carbocycles. The smallest absolute Gasteiger partial charge is 0.273 e. The van der Waals surface area contributed by atoms with Gasteiger partial charge >= 0.3 is 0 Å². The van der Waals surface area contributed by atoms with Crippen LogP contribution < -0.4 is 10.6 Å². The van der Waals surface area contributed by atoms with Crippen molar-refractivity contribution in [2.75, 3.05) is 13.6 Å². The highest BCUT2D eigenvalue weighted by Crippen LogP contribution is 2.53. The van der Waals surface area contributed by atoms with Gasteiger partial charge in [-0.05, 0) is 68.7 Å². The molecule has 2 aliphatic carbocycles. The molecule has 4 unspecified atom stereocenters. The zero-order valence-electron chi connectivity index (χ0n) is 25.2. The summed E-state index contributed by atoms with van der Waals surface area (Å²) in [5.41, 5.74) is 2.49. The van der Waals surface area contributed by atoms with E-state index in [1.807, 2.05) is 30.3 Å². The number of piperazine rings is 1. The third-order valence-corrected chi connectivity index (χ3v) is 11.4. The van der Waals surface area contributed by atoms with Crippen molar-refractivity contribution in [2.45, 2.75) is 75.0 Å². The Labute approximate surface area is 257 Å². The van der Waals surface area contributed by atoms with E-state index in [0.29, 0.717) is 55.3 Å². The number of ether oxygens (including phenoxy) is 1. The number of aliphatic hydroxyl groups is 2. The number of rotatable bonds is 4. The van der Waals surface area contributed by atoms with Crippen LogP contribution in [0.5, 0.6) is 0 Å². The van der Waals surface area contributed by atoms with Gasteiger partial charge in [0.15, 0.2) is 5.72 Å². The molecule has 0 spiro atoms. The van der Waals surface area contributed by atoms with Crippen molar-refractivity contribution in [3.8, 4) is 0 Å². The second-order valence-corrected chi connectivity index (χ2v) is 13.9. The molecule has 0 bridgehead atoms. The van der Waals surface area contributed by atoms with Crippen LogP contribution in [0.4, 0.5) is 0 Å². The van der Waals surface area contributed by atoms with Crippen molar-refractivity contribution in [3.05, 3.63) is 83.9 Å². The summed E-state index contributed by atoms with van der Waals surface area (Å²) in [5, 5.41) is 29.6. The lowest BCUT2D eigenvalue weighted by Crippen LogP contribution is -2.71. The molecule has 5 aliphatic heterocycles. The maximum Gasteiger partial charge on any atom is 0.273 e. The van der Waals surface area contributed by atoms with Crippen LogP contribution in [0.3, 0.4) is 0 Å². The Hall–Kier alpha value is -3.44. The van der Waals surface area contributed by atoms with E-state index in [1.165, 1.54) is 16.2 Å². The molecule has 10 heteroatoms. The zero-order chi connectivity index (χ0) is 30.5. The molecule has 8 rings (SSSR count). The predicted octanol–water partition coefficient (Wildman–Crippen LogP) is 1.76. The van der Waals surface area contributed by atoms with Gasteiger partial charge in [-0.1, -0.05) is 49.1 Å². The number of hydrogen-bond acceptors (Lipinski definition) is 8. The summed E-state index contributed by atoms with van der Waals surface area (Å²) in [4.78, 5) is 33.3. The highest BCUT2D eigenvalue weighted by Gasteiger charge is 2.68. The molecular weight excluding hydrogens is 558 g/mol. The van der Waals surface area contributed by atoms with E-state index in [4.69, 9.17) is 4.74 Å². The van der Waals surface area contributed by atoms with Gasteiger partial charge < -0.3 is 35.5 Å². The lowest BCUT2D eigenvalue weighted by molar-refractivity contribution is -0.320. The number of allylic oxidation sites excluding steroid dienone is 4. The van der Waals surface area contributed by atoms with E-state index in [1.54, 1.807) is 11.8 Å². The van der Waals surface area contributed by atoms with Gasteiger partial charge in [0.2, 0.25) is 11.8 Å². The van der Waals surface area contributed by atoms with E-state index in [0.717, 1.165) is 18.4 Å².